The molecule has 0 bridgehead atoms. The minimum atomic E-state index is 0.492. The van der Waals surface area contributed by atoms with E-state index in [2.05, 4.69) is 29.9 Å². The summed E-state index contributed by atoms with van der Waals surface area (Å²) in [5, 5.41) is 0. The molecule has 1 atom stereocenters. The number of nitrogens with zero attached hydrogens (tertiary/aromatic N) is 2. The van der Waals surface area contributed by atoms with Gasteiger partial charge in [0.15, 0.2) is 0 Å². The van der Waals surface area contributed by atoms with Crippen molar-refractivity contribution in [2.45, 2.75) is 19.5 Å². The summed E-state index contributed by atoms with van der Waals surface area (Å²) < 4.78 is 0. The summed E-state index contributed by atoms with van der Waals surface area (Å²) in [6.45, 7) is 3.24. The Bertz CT molecular complexity index is 270. The lowest BCUT2D eigenvalue weighted by Gasteiger charge is -2.12. The van der Waals surface area contributed by atoms with Gasteiger partial charge in [0.2, 0.25) is 0 Å². The van der Waals surface area contributed by atoms with Crippen LogP contribution in [0.5, 0.6) is 0 Å². The molecule has 1 unspecified atom stereocenters. The molecule has 0 fully saturated rings. The number of fused-ring (bicyclic) bond motifs is 1. The number of aromatic nitrogens is 1. The van der Waals surface area contributed by atoms with Crippen LogP contribution in [0.4, 0.5) is 0 Å². The molecular formula is C9H12N2. The second-order valence-corrected chi connectivity index (χ2v) is 3.14. The summed E-state index contributed by atoms with van der Waals surface area (Å²) in [6, 6.07) is 4.65. The van der Waals surface area contributed by atoms with E-state index in [4.69, 9.17) is 0 Å². The van der Waals surface area contributed by atoms with Crippen molar-refractivity contribution in [3.8, 4) is 0 Å². The smallest absolute Gasteiger partial charge is 0.0617 e. The Labute approximate surface area is 66.9 Å². The first-order valence-electron chi connectivity index (χ1n) is 3.93. The van der Waals surface area contributed by atoms with Crippen LogP contribution in [0.25, 0.3) is 0 Å². The second kappa shape index (κ2) is 2.31. The minimum Gasteiger partial charge on any atom is -0.294 e. The fourth-order valence-electron chi connectivity index (χ4n) is 1.58. The number of rotatable bonds is 0. The maximum absolute atomic E-state index is 4.35. The van der Waals surface area contributed by atoms with Crippen molar-refractivity contribution in [2.75, 3.05) is 7.05 Å². The van der Waals surface area contributed by atoms with Crippen molar-refractivity contribution in [1.82, 2.24) is 9.88 Å². The Morgan fingerprint density at radius 3 is 3.18 bits per heavy atom. The standard InChI is InChI=1S/C9H12N2/c1-7-9-8(6-11(7)2)4-3-5-10-9/h3-5,7H,6H2,1-2H3. The van der Waals surface area contributed by atoms with Gasteiger partial charge in [-0.3, -0.25) is 9.88 Å². The molecule has 0 radical (unpaired) electrons. The third kappa shape index (κ3) is 0.942. The third-order valence-corrected chi connectivity index (χ3v) is 2.40. The van der Waals surface area contributed by atoms with Gasteiger partial charge in [-0.05, 0) is 25.6 Å². The SMILES string of the molecule is CC1c2ncccc2CN1C. The molecule has 2 nitrogen and oxygen atoms in total. The van der Waals surface area contributed by atoms with E-state index in [9.17, 15) is 0 Å². The topological polar surface area (TPSA) is 16.1 Å². The van der Waals surface area contributed by atoms with Crippen LogP contribution in [0.15, 0.2) is 18.3 Å². The Morgan fingerprint density at radius 1 is 1.64 bits per heavy atom. The molecule has 0 aromatic carbocycles. The zero-order valence-electron chi connectivity index (χ0n) is 6.91. The van der Waals surface area contributed by atoms with E-state index < -0.39 is 0 Å². The van der Waals surface area contributed by atoms with Gasteiger partial charge in [0.25, 0.3) is 0 Å². The van der Waals surface area contributed by atoms with Crippen LogP contribution in [0.1, 0.15) is 24.2 Å². The zero-order valence-corrected chi connectivity index (χ0v) is 6.91. The van der Waals surface area contributed by atoms with Crippen molar-refractivity contribution in [3.05, 3.63) is 29.6 Å². The van der Waals surface area contributed by atoms with Gasteiger partial charge in [-0.25, -0.2) is 0 Å². The van der Waals surface area contributed by atoms with E-state index in [1.165, 1.54) is 11.3 Å². The van der Waals surface area contributed by atoms with E-state index >= 15 is 0 Å². The third-order valence-electron chi connectivity index (χ3n) is 2.40. The quantitative estimate of drug-likeness (QED) is 0.555. The Hall–Kier alpha value is -0.890. The Morgan fingerprint density at radius 2 is 2.45 bits per heavy atom. The summed E-state index contributed by atoms with van der Waals surface area (Å²) >= 11 is 0. The van der Waals surface area contributed by atoms with Crippen LogP contribution < -0.4 is 0 Å². The molecule has 0 saturated carbocycles. The maximum atomic E-state index is 4.35. The molecular weight excluding hydrogens is 136 g/mol. The highest BCUT2D eigenvalue weighted by Crippen LogP contribution is 2.28. The molecule has 1 aliphatic rings. The maximum Gasteiger partial charge on any atom is 0.0617 e. The predicted molar refractivity (Wildman–Crippen MR) is 44.1 cm³/mol. The highest BCUT2D eigenvalue weighted by Gasteiger charge is 2.23. The van der Waals surface area contributed by atoms with Crippen LogP contribution in [0.2, 0.25) is 0 Å². The number of hydrogen-bond acceptors (Lipinski definition) is 2. The Kier molecular flexibility index (Phi) is 1.43. The molecule has 2 rings (SSSR count). The Balaban J connectivity index is 2.47. The van der Waals surface area contributed by atoms with Crippen LogP contribution in [-0.2, 0) is 6.54 Å². The molecule has 2 heterocycles. The number of hydrogen-bond donors (Lipinski definition) is 0. The molecule has 1 aliphatic heterocycles. The first-order valence-corrected chi connectivity index (χ1v) is 3.93. The molecule has 58 valence electrons. The largest absolute Gasteiger partial charge is 0.294 e. The molecule has 1 aromatic rings. The van der Waals surface area contributed by atoms with Gasteiger partial charge >= 0.3 is 0 Å². The van der Waals surface area contributed by atoms with Gasteiger partial charge in [-0.15, -0.1) is 0 Å². The van der Waals surface area contributed by atoms with E-state index in [0.717, 1.165) is 6.54 Å². The van der Waals surface area contributed by atoms with Gasteiger partial charge in [0.1, 0.15) is 0 Å². The van der Waals surface area contributed by atoms with E-state index in [-0.39, 0.29) is 0 Å². The zero-order chi connectivity index (χ0) is 7.84. The normalized spacial score (nSPS) is 23.6. The molecule has 0 spiro atoms. The first kappa shape index (κ1) is 6.80. The van der Waals surface area contributed by atoms with Crippen LogP contribution in [0.3, 0.4) is 0 Å². The predicted octanol–water partition coefficient (Wildman–Crippen LogP) is 1.59. The van der Waals surface area contributed by atoms with Gasteiger partial charge in [-0.1, -0.05) is 6.07 Å². The summed E-state index contributed by atoms with van der Waals surface area (Å²) in [6.07, 6.45) is 1.87. The molecule has 0 N–H and O–H groups in total. The van der Waals surface area contributed by atoms with Gasteiger partial charge < -0.3 is 0 Å². The van der Waals surface area contributed by atoms with Crippen molar-refractivity contribution in [3.63, 3.8) is 0 Å². The summed E-state index contributed by atoms with van der Waals surface area (Å²) in [5.74, 6) is 0. The van der Waals surface area contributed by atoms with Crippen LogP contribution in [0, 0.1) is 0 Å². The second-order valence-electron chi connectivity index (χ2n) is 3.14. The lowest BCUT2D eigenvalue weighted by molar-refractivity contribution is 0.283. The van der Waals surface area contributed by atoms with Crippen molar-refractivity contribution in [2.24, 2.45) is 0 Å². The lowest BCUT2D eigenvalue weighted by atomic mass is 10.2. The number of pyridine rings is 1. The molecule has 11 heavy (non-hydrogen) atoms. The van der Waals surface area contributed by atoms with Crippen molar-refractivity contribution in [1.29, 1.82) is 0 Å². The lowest BCUT2D eigenvalue weighted by Crippen LogP contribution is -2.13. The van der Waals surface area contributed by atoms with E-state index in [1.807, 2.05) is 12.3 Å². The van der Waals surface area contributed by atoms with Gasteiger partial charge in [-0.2, -0.15) is 0 Å². The summed E-state index contributed by atoms with van der Waals surface area (Å²) in [7, 11) is 2.13. The molecule has 0 amide bonds. The first-order chi connectivity index (χ1) is 5.29. The molecule has 0 saturated heterocycles. The highest BCUT2D eigenvalue weighted by molar-refractivity contribution is 5.26. The average Bonchev–Trinajstić information content (AvgIpc) is 2.30. The monoisotopic (exact) mass is 148 g/mol. The van der Waals surface area contributed by atoms with Crippen LogP contribution in [-0.4, -0.2) is 16.9 Å². The molecule has 0 aliphatic carbocycles. The summed E-state index contributed by atoms with van der Waals surface area (Å²) in [5.41, 5.74) is 2.62. The van der Waals surface area contributed by atoms with Gasteiger partial charge in [0, 0.05) is 18.8 Å². The summed E-state index contributed by atoms with van der Waals surface area (Å²) in [4.78, 5) is 6.65. The fourth-order valence-corrected chi connectivity index (χ4v) is 1.58. The molecule has 1 aromatic heterocycles. The van der Waals surface area contributed by atoms with Crippen LogP contribution >= 0.6 is 0 Å². The van der Waals surface area contributed by atoms with E-state index in [0.29, 0.717) is 6.04 Å². The van der Waals surface area contributed by atoms with Gasteiger partial charge in [0.05, 0.1) is 5.69 Å². The minimum absolute atomic E-state index is 0.492. The average molecular weight is 148 g/mol. The fraction of sp³-hybridized carbons (Fsp3) is 0.444. The van der Waals surface area contributed by atoms with Crippen molar-refractivity contribution < 1.29 is 0 Å². The highest BCUT2D eigenvalue weighted by atomic mass is 15.2. The molecule has 2 heteroatoms. The van der Waals surface area contributed by atoms with E-state index in [1.54, 1.807) is 0 Å². The van der Waals surface area contributed by atoms with Crippen molar-refractivity contribution >= 4 is 0 Å².